The molecule has 24 heavy (non-hydrogen) atoms. The van der Waals surface area contributed by atoms with E-state index < -0.39 is 16.0 Å². The molecule has 1 aliphatic rings. The van der Waals surface area contributed by atoms with Crippen molar-refractivity contribution in [2.75, 3.05) is 33.3 Å². The fraction of sp³-hybridized carbons (Fsp3) is 0.688. The third kappa shape index (κ3) is 3.65. The number of ether oxygens (including phenoxy) is 1. The van der Waals surface area contributed by atoms with Crippen molar-refractivity contribution in [1.82, 2.24) is 9.62 Å². The number of carbonyl (C=O) groups is 1. The van der Waals surface area contributed by atoms with Gasteiger partial charge in [-0.2, -0.15) is 4.31 Å². The summed E-state index contributed by atoms with van der Waals surface area (Å²) >= 11 is 0. The van der Waals surface area contributed by atoms with Crippen LogP contribution in [0, 0.1) is 19.8 Å². The summed E-state index contributed by atoms with van der Waals surface area (Å²) < 4.78 is 37.6. The van der Waals surface area contributed by atoms with Crippen molar-refractivity contribution in [2.45, 2.75) is 38.5 Å². The maximum absolute atomic E-state index is 13.0. The summed E-state index contributed by atoms with van der Waals surface area (Å²) in [6.07, 6.45) is 1.60. The maximum atomic E-state index is 13.0. The molecule has 1 aliphatic heterocycles. The fourth-order valence-corrected chi connectivity index (χ4v) is 4.98. The van der Waals surface area contributed by atoms with Gasteiger partial charge in [0.05, 0.1) is 7.11 Å². The van der Waals surface area contributed by atoms with Gasteiger partial charge in [-0.25, -0.2) is 13.2 Å². The summed E-state index contributed by atoms with van der Waals surface area (Å²) in [5.74, 6) is 0.274. The first-order chi connectivity index (χ1) is 11.3. The molecule has 0 aromatic carbocycles. The smallest absolute Gasteiger partial charge is 0.342 e. The van der Waals surface area contributed by atoms with Crippen molar-refractivity contribution in [3.63, 3.8) is 0 Å². The number of rotatable bonds is 6. The van der Waals surface area contributed by atoms with Crippen LogP contribution in [-0.4, -0.2) is 52.0 Å². The number of nitrogens with zero attached hydrogens (tertiary/aromatic N) is 1. The zero-order chi connectivity index (χ0) is 17.9. The fourth-order valence-electron chi connectivity index (χ4n) is 3.14. The normalized spacial score (nSPS) is 17.2. The standard InChI is InChI=1S/C16H26N2O5S/c1-5-17-10-13-6-8-18(9-7-13)24(20,21)15-12(3)23-11(2)14(15)16(19)22-4/h13,17H,5-10H2,1-4H3. The lowest BCUT2D eigenvalue weighted by Gasteiger charge is -2.31. The summed E-state index contributed by atoms with van der Waals surface area (Å²) in [5, 5.41) is 3.30. The molecule has 1 aromatic rings. The van der Waals surface area contributed by atoms with E-state index in [0.29, 0.717) is 19.0 Å². The summed E-state index contributed by atoms with van der Waals surface area (Å²) in [5.41, 5.74) is 0.00442. The first-order valence-electron chi connectivity index (χ1n) is 8.22. The number of sulfonamides is 1. The Morgan fingerprint density at radius 3 is 2.46 bits per heavy atom. The first kappa shape index (κ1) is 19.0. The van der Waals surface area contributed by atoms with Crippen LogP contribution in [0.25, 0.3) is 0 Å². The Hall–Kier alpha value is -1.38. The first-order valence-corrected chi connectivity index (χ1v) is 9.66. The SMILES string of the molecule is CCNCC1CCN(S(=O)(=O)c2c(C)oc(C)c2C(=O)OC)CC1. The van der Waals surface area contributed by atoms with E-state index in [2.05, 4.69) is 12.2 Å². The molecule has 1 aromatic heterocycles. The van der Waals surface area contributed by atoms with Crippen LogP contribution in [0.4, 0.5) is 0 Å². The summed E-state index contributed by atoms with van der Waals surface area (Å²) in [4.78, 5) is 11.9. The summed E-state index contributed by atoms with van der Waals surface area (Å²) in [7, 11) is -2.55. The van der Waals surface area contributed by atoms with Gasteiger partial charge in [0.1, 0.15) is 22.0 Å². The Labute approximate surface area is 143 Å². The molecule has 0 unspecified atom stereocenters. The highest BCUT2D eigenvalue weighted by molar-refractivity contribution is 7.89. The van der Waals surface area contributed by atoms with Crippen LogP contribution in [0.5, 0.6) is 0 Å². The number of hydrogen-bond donors (Lipinski definition) is 1. The molecule has 136 valence electrons. The van der Waals surface area contributed by atoms with Gasteiger partial charge in [-0.1, -0.05) is 6.92 Å². The van der Waals surface area contributed by atoms with Crippen LogP contribution in [0.15, 0.2) is 9.31 Å². The second kappa shape index (κ2) is 7.67. The molecule has 1 fully saturated rings. The van der Waals surface area contributed by atoms with Crippen LogP contribution in [0.2, 0.25) is 0 Å². The van der Waals surface area contributed by atoms with Crippen molar-refractivity contribution in [1.29, 1.82) is 0 Å². The number of esters is 1. The number of methoxy groups -OCH3 is 1. The number of aryl methyl sites for hydroxylation is 2. The average molecular weight is 358 g/mol. The van der Waals surface area contributed by atoms with E-state index in [4.69, 9.17) is 9.15 Å². The van der Waals surface area contributed by atoms with Crippen LogP contribution >= 0.6 is 0 Å². The second-order valence-electron chi connectivity index (χ2n) is 6.07. The Morgan fingerprint density at radius 2 is 1.92 bits per heavy atom. The molecular weight excluding hydrogens is 332 g/mol. The van der Waals surface area contributed by atoms with Gasteiger partial charge in [0.25, 0.3) is 0 Å². The molecule has 0 radical (unpaired) electrons. The number of nitrogens with one attached hydrogen (secondary N) is 1. The second-order valence-corrected chi connectivity index (χ2v) is 7.94. The molecule has 0 aliphatic carbocycles. The van der Waals surface area contributed by atoms with Gasteiger partial charge in [0, 0.05) is 13.1 Å². The molecule has 8 heteroatoms. The molecular formula is C16H26N2O5S. The minimum atomic E-state index is -3.78. The highest BCUT2D eigenvalue weighted by Gasteiger charge is 2.37. The predicted molar refractivity (Wildman–Crippen MR) is 89.5 cm³/mol. The van der Waals surface area contributed by atoms with Gasteiger partial charge in [0.15, 0.2) is 0 Å². The van der Waals surface area contributed by atoms with E-state index >= 15 is 0 Å². The predicted octanol–water partition coefficient (Wildman–Crippen LogP) is 1.69. The minimum Gasteiger partial charge on any atom is -0.465 e. The van der Waals surface area contributed by atoms with E-state index in [1.807, 2.05) is 0 Å². The molecule has 1 N–H and O–H groups in total. The lowest BCUT2D eigenvalue weighted by Crippen LogP contribution is -2.41. The van der Waals surface area contributed by atoms with E-state index in [1.165, 1.54) is 11.4 Å². The molecule has 7 nitrogen and oxygen atoms in total. The number of carbonyl (C=O) groups excluding carboxylic acids is 1. The van der Waals surface area contributed by atoms with E-state index in [1.54, 1.807) is 13.8 Å². The van der Waals surface area contributed by atoms with Gasteiger partial charge in [-0.15, -0.1) is 0 Å². The molecule has 0 amide bonds. The van der Waals surface area contributed by atoms with Gasteiger partial charge in [-0.05, 0) is 45.7 Å². The summed E-state index contributed by atoms with van der Waals surface area (Å²) in [6, 6.07) is 0. The van der Waals surface area contributed by atoms with Crippen LogP contribution in [0.1, 0.15) is 41.6 Å². The largest absolute Gasteiger partial charge is 0.465 e. The van der Waals surface area contributed by atoms with E-state index in [0.717, 1.165) is 25.9 Å². The molecule has 0 atom stereocenters. The lowest BCUT2D eigenvalue weighted by molar-refractivity contribution is 0.0594. The van der Waals surface area contributed by atoms with Crippen LogP contribution in [0.3, 0.4) is 0 Å². The average Bonchev–Trinajstić information content (AvgIpc) is 2.87. The monoisotopic (exact) mass is 358 g/mol. The van der Waals surface area contributed by atoms with Gasteiger partial charge in [0.2, 0.25) is 10.0 Å². The number of piperidine rings is 1. The maximum Gasteiger partial charge on any atom is 0.342 e. The molecule has 0 saturated carbocycles. The Bertz CT molecular complexity index is 688. The van der Waals surface area contributed by atoms with Crippen LogP contribution < -0.4 is 5.32 Å². The minimum absolute atomic E-state index is 0.00442. The topological polar surface area (TPSA) is 88.9 Å². The highest BCUT2D eigenvalue weighted by Crippen LogP contribution is 2.31. The Balaban J connectivity index is 2.25. The molecule has 2 rings (SSSR count). The van der Waals surface area contributed by atoms with Crippen LogP contribution in [-0.2, 0) is 14.8 Å². The quantitative estimate of drug-likeness (QED) is 0.779. The van der Waals surface area contributed by atoms with Crippen molar-refractivity contribution < 1.29 is 22.4 Å². The van der Waals surface area contributed by atoms with E-state index in [9.17, 15) is 13.2 Å². The van der Waals surface area contributed by atoms with Gasteiger partial charge < -0.3 is 14.5 Å². The summed E-state index contributed by atoms with van der Waals surface area (Å²) in [6.45, 7) is 7.89. The number of hydrogen-bond acceptors (Lipinski definition) is 6. The lowest BCUT2D eigenvalue weighted by atomic mass is 9.98. The third-order valence-electron chi connectivity index (χ3n) is 4.45. The zero-order valence-electron chi connectivity index (χ0n) is 14.7. The molecule has 1 saturated heterocycles. The molecule has 2 heterocycles. The molecule has 0 spiro atoms. The van der Waals surface area contributed by atoms with Gasteiger partial charge in [-0.3, -0.25) is 0 Å². The third-order valence-corrected chi connectivity index (χ3v) is 6.50. The van der Waals surface area contributed by atoms with Gasteiger partial charge >= 0.3 is 5.97 Å². The van der Waals surface area contributed by atoms with E-state index in [-0.39, 0.29) is 22.0 Å². The Morgan fingerprint density at radius 1 is 1.29 bits per heavy atom. The van der Waals surface area contributed by atoms with Crippen molar-refractivity contribution in [3.05, 3.63) is 17.1 Å². The van der Waals surface area contributed by atoms with Crippen molar-refractivity contribution in [3.8, 4) is 0 Å². The van der Waals surface area contributed by atoms with Crippen molar-refractivity contribution in [2.24, 2.45) is 5.92 Å². The highest BCUT2D eigenvalue weighted by atomic mass is 32.2. The molecule has 0 bridgehead atoms. The Kier molecular flexibility index (Phi) is 6.06. The zero-order valence-corrected chi connectivity index (χ0v) is 15.5. The number of furan rings is 1. The van der Waals surface area contributed by atoms with Crippen molar-refractivity contribution >= 4 is 16.0 Å².